The van der Waals surface area contributed by atoms with Crippen LogP contribution in [0.3, 0.4) is 0 Å². The minimum atomic E-state index is -0.797. The third kappa shape index (κ3) is 3.03. The van der Waals surface area contributed by atoms with Gasteiger partial charge in [0.2, 0.25) is 5.89 Å². The predicted octanol–water partition coefficient (Wildman–Crippen LogP) is 3.24. The van der Waals surface area contributed by atoms with E-state index >= 15 is 0 Å². The van der Waals surface area contributed by atoms with Crippen molar-refractivity contribution in [1.82, 2.24) is 20.4 Å². The molecule has 0 saturated carbocycles. The average Bonchev–Trinajstić information content (AvgIpc) is 2.94. The van der Waals surface area contributed by atoms with Crippen molar-refractivity contribution in [3.63, 3.8) is 0 Å². The zero-order valence-corrected chi connectivity index (χ0v) is 13.7. The van der Waals surface area contributed by atoms with Crippen molar-refractivity contribution in [2.45, 2.75) is 26.3 Å². The molecule has 0 aliphatic carbocycles. The fourth-order valence-electron chi connectivity index (χ4n) is 2.21. The van der Waals surface area contributed by atoms with Crippen LogP contribution < -0.4 is 5.32 Å². The van der Waals surface area contributed by atoms with Crippen molar-refractivity contribution in [1.29, 1.82) is 0 Å². The van der Waals surface area contributed by atoms with Gasteiger partial charge in [0.05, 0.1) is 16.1 Å². The highest BCUT2D eigenvalue weighted by Gasteiger charge is 2.29. The zero-order chi connectivity index (χ0) is 16.6. The number of halogens is 1. The highest BCUT2D eigenvalue weighted by molar-refractivity contribution is 6.35. The molecule has 0 atom stereocenters. The van der Waals surface area contributed by atoms with Crippen LogP contribution in [0.15, 0.2) is 34.9 Å². The van der Waals surface area contributed by atoms with Gasteiger partial charge in [0, 0.05) is 12.3 Å². The molecule has 6 nitrogen and oxygen atoms in total. The highest BCUT2D eigenvalue weighted by Crippen LogP contribution is 2.23. The number of carbonyl (C=O) groups is 1. The van der Waals surface area contributed by atoms with Crippen LogP contribution in [0.5, 0.6) is 0 Å². The maximum Gasteiger partial charge on any atom is 0.270 e. The van der Waals surface area contributed by atoms with Gasteiger partial charge in [-0.1, -0.05) is 35.0 Å². The maximum absolute atomic E-state index is 12.5. The summed E-state index contributed by atoms with van der Waals surface area (Å²) in [5, 5.41) is 7.99. The second-order valence-electron chi connectivity index (χ2n) is 5.72. The van der Waals surface area contributed by atoms with Crippen molar-refractivity contribution in [2.24, 2.45) is 0 Å². The van der Waals surface area contributed by atoms with Crippen LogP contribution in [0.4, 0.5) is 0 Å². The molecule has 1 aromatic carbocycles. The van der Waals surface area contributed by atoms with Gasteiger partial charge in [0.1, 0.15) is 5.69 Å². The molecule has 0 radical (unpaired) electrons. The van der Waals surface area contributed by atoms with E-state index in [-0.39, 0.29) is 11.6 Å². The van der Waals surface area contributed by atoms with Crippen LogP contribution in [0, 0.1) is 6.92 Å². The van der Waals surface area contributed by atoms with Crippen LogP contribution >= 0.6 is 11.6 Å². The van der Waals surface area contributed by atoms with Gasteiger partial charge in [0.25, 0.3) is 5.91 Å². The lowest BCUT2D eigenvalue weighted by Gasteiger charge is -2.22. The maximum atomic E-state index is 12.5. The predicted molar refractivity (Wildman–Crippen MR) is 86.3 cm³/mol. The minimum absolute atomic E-state index is 0.238. The molecule has 0 fully saturated rings. The summed E-state index contributed by atoms with van der Waals surface area (Å²) in [6.07, 6.45) is 0. The number of aromatic nitrogens is 3. The minimum Gasteiger partial charge on any atom is -0.340 e. The number of aryl methyl sites for hydroxylation is 1. The van der Waals surface area contributed by atoms with E-state index in [2.05, 4.69) is 20.4 Å². The lowest BCUT2D eigenvalue weighted by Crippen LogP contribution is -2.42. The Morgan fingerprint density at radius 2 is 2.00 bits per heavy atom. The fraction of sp³-hybridized carbons (Fsp3) is 0.250. The lowest BCUT2D eigenvalue weighted by atomic mass is 10.0. The van der Waals surface area contributed by atoms with Crippen LogP contribution in [-0.4, -0.2) is 21.0 Å². The summed E-state index contributed by atoms with van der Waals surface area (Å²) in [5.41, 5.74) is 0.106. The molecule has 3 aromatic rings. The van der Waals surface area contributed by atoms with Crippen molar-refractivity contribution < 1.29 is 9.32 Å². The molecule has 0 saturated heterocycles. The number of carbonyl (C=O) groups excluding carboxylic acids is 1. The van der Waals surface area contributed by atoms with Crippen LogP contribution in [0.2, 0.25) is 5.02 Å². The Morgan fingerprint density at radius 3 is 2.70 bits per heavy atom. The lowest BCUT2D eigenvalue weighted by molar-refractivity contribution is 0.0902. The second-order valence-corrected chi connectivity index (χ2v) is 6.13. The molecule has 23 heavy (non-hydrogen) atoms. The number of hydrogen-bond acceptors (Lipinski definition) is 5. The largest absolute Gasteiger partial charge is 0.340 e. The van der Waals surface area contributed by atoms with Gasteiger partial charge in [-0.15, -0.1) is 0 Å². The van der Waals surface area contributed by atoms with E-state index in [1.807, 2.05) is 24.3 Å². The zero-order valence-electron chi connectivity index (χ0n) is 12.9. The summed E-state index contributed by atoms with van der Waals surface area (Å²) in [4.78, 5) is 21.0. The Kier molecular flexibility index (Phi) is 3.77. The summed E-state index contributed by atoms with van der Waals surface area (Å²) < 4.78 is 4.97. The molecule has 3 rings (SSSR count). The Hall–Kier alpha value is -2.47. The van der Waals surface area contributed by atoms with Crippen molar-refractivity contribution in [3.8, 4) is 0 Å². The van der Waals surface area contributed by atoms with Gasteiger partial charge in [-0.25, -0.2) is 4.98 Å². The van der Waals surface area contributed by atoms with E-state index in [0.717, 1.165) is 5.39 Å². The Balaban J connectivity index is 1.91. The van der Waals surface area contributed by atoms with Gasteiger partial charge in [-0.3, -0.25) is 4.79 Å². The number of benzene rings is 1. The van der Waals surface area contributed by atoms with Crippen LogP contribution in [0.25, 0.3) is 10.9 Å². The third-order valence-electron chi connectivity index (χ3n) is 3.41. The number of pyridine rings is 1. The monoisotopic (exact) mass is 330 g/mol. The van der Waals surface area contributed by atoms with Gasteiger partial charge in [-0.2, -0.15) is 4.98 Å². The standard InChI is InChI=1S/C16H15ClN4O2/c1-9-18-15(21-23-9)16(2,3)20-14(22)13-8-11(17)10-6-4-5-7-12(10)19-13/h4-8H,1-3H3,(H,20,22). The number of nitrogens with one attached hydrogen (secondary N) is 1. The number of rotatable bonds is 3. The average molecular weight is 331 g/mol. The molecule has 0 unspecified atom stereocenters. The molecule has 2 aromatic heterocycles. The molecule has 0 spiro atoms. The van der Waals surface area contributed by atoms with Crippen LogP contribution in [-0.2, 0) is 5.54 Å². The van der Waals surface area contributed by atoms with E-state index < -0.39 is 5.54 Å². The number of para-hydroxylation sites is 1. The van der Waals surface area contributed by atoms with E-state index in [4.69, 9.17) is 16.1 Å². The van der Waals surface area contributed by atoms with E-state index in [0.29, 0.717) is 22.3 Å². The Labute approximate surface area is 137 Å². The molecule has 2 heterocycles. The smallest absolute Gasteiger partial charge is 0.270 e. The van der Waals surface area contributed by atoms with Crippen molar-refractivity contribution in [2.75, 3.05) is 0 Å². The Morgan fingerprint density at radius 1 is 1.26 bits per heavy atom. The number of nitrogens with zero attached hydrogens (tertiary/aromatic N) is 3. The summed E-state index contributed by atoms with van der Waals surface area (Å²) in [6.45, 7) is 5.27. The fourth-order valence-corrected chi connectivity index (χ4v) is 2.47. The molecule has 0 aliphatic rings. The molecule has 118 valence electrons. The SMILES string of the molecule is Cc1nc(C(C)(C)NC(=O)c2cc(Cl)c3ccccc3n2)no1. The topological polar surface area (TPSA) is 80.9 Å². The highest BCUT2D eigenvalue weighted by atomic mass is 35.5. The van der Waals surface area contributed by atoms with Crippen LogP contribution in [0.1, 0.15) is 36.1 Å². The molecular formula is C16H15ClN4O2. The number of fused-ring (bicyclic) bond motifs is 1. The number of amides is 1. The van der Waals surface area contributed by atoms with E-state index in [1.54, 1.807) is 26.8 Å². The quantitative estimate of drug-likeness (QED) is 0.797. The van der Waals surface area contributed by atoms with Gasteiger partial charge < -0.3 is 9.84 Å². The molecular weight excluding hydrogens is 316 g/mol. The second kappa shape index (κ2) is 5.62. The first-order chi connectivity index (χ1) is 10.9. The summed E-state index contributed by atoms with van der Waals surface area (Å²) in [6, 6.07) is 8.94. The Bertz CT molecular complexity index is 889. The first kappa shape index (κ1) is 15.4. The summed E-state index contributed by atoms with van der Waals surface area (Å²) in [5.74, 6) is 0.481. The van der Waals surface area contributed by atoms with Gasteiger partial charge >= 0.3 is 0 Å². The van der Waals surface area contributed by atoms with E-state index in [9.17, 15) is 4.79 Å². The van der Waals surface area contributed by atoms with Crippen molar-refractivity contribution >= 4 is 28.4 Å². The summed E-state index contributed by atoms with van der Waals surface area (Å²) >= 11 is 6.24. The third-order valence-corrected chi connectivity index (χ3v) is 3.72. The van der Waals surface area contributed by atoms with Gasteiger partial charge in [-0.05, 0) is 26.0 Å². The normalized spacial score (nSPS) is 11.7. The molecule has 7 heteroatoms. The van der Waals surface area contributed by atoms with Gasteiger partial charge in [0.15, 0.2) is 5.82 Å². The first-order valence-corrected chi connectivity index (χ1v) is 7.43. The summed E-state index contributed by atoms with van der Waals surface area (Å²) in [7, 11) is 0. The number of hydrogen-bond donors (Lipinski definition) is 1. The van der Waals surface area contributed by atoms with E-state index in [1.165, 1.54) is 0 Å². The molecule has 1 amide bonds. The molecule has 0 aliphatic heterocycles. The first-order valence-electron chi connectivity index (χ1n) is 7.05. The molecule has 0 bridgehead atoms. The van der Waals surface area contributed by atoms with Crippen molar-refractivity contribution in [3.05, 3.63) is 52.8 Å². The molecule has 1 N–H and O–H groups in total.